The number of nitrogens with zero attached hydrogens (tertiary/aromatic N) is 1. The van der Waals surface area contributed by atoms with Crippen LogP contribution in [0, 0.1) is 12.8 Å². The number of hydrogen-bond acceptors (Lipinski definition) is 3. The van der Waals surface area contributed by atoms with Gasteiger partial charge in [-0.3, -0.25) is 9.69 Å². The van der Waals surface area contributed by atoms with Gasteiger partial charge in [-0.1, -0.05) is 17.7 Å². The zero-order valence-corrected chi connectivity index (χ0v) is 14.6. The van der Waals surface area contributed by atoms with Crippen LogP contribution in [0.5, 0.6) is 0 Å². The monoisotopic (exact) mass is 345 g/mol. The molecule has 4 nitrogen and oxygen atoms in total. The minimum Gasteiger partial charge on any atom is -0.330 e. The molecule has 1 heterocycles. The highest BCUT2D eigenvalue weighted by Gasteiger charge is 2.21. The molecule has 6 heteroatoms. The van der Waals surface area contributed by atoms with Crippen molar-refractivity contribution in [1.29, 1.82) is 0 Å². The van der Waals surface area contributed by atoms with E-state index < -0.39 is 0 Å². The van der Waals surface area contributed by atoms with E-state index in [9.17, 15) is 4.79 Å². The fourth-order valence-corrected chi connectivity index (χ4v) is 3.16. The van der Waals surface area contributed by atoms with Crippen LogP contribution in [0.1, 0.15) is 24.8 Å². The van der Waals surface area contributed by atoms with Crippen molar-refractivity contribution in [1.82, 2.24) is 4.90 Å². The van der Waals surface area contributed by atoms with E-state index in [-0.39, 0.29) is 18.3 Å². The van der Waals surface area contributed by atoms with Crippen LogP contribution in [0.15, 0.2) is 18.2 Å². The lowest BCUT2D eigenvalue weighted by Crippen LogP contribution is -2.40. The molecule has 0 bridgehead atoms. The van der Waals surface area contributed by atoms with Crippen LogP contribution in [0.4, 0.5) is 5.69 Å². The third-order valence-corrected chi connectivity index (χ3v) is 4.26. The van der Waals surface area contributed by atoms with Gasteiger partial charge in [-0.25, -0.2) is 0 Å². The van der Waals surface area contributed by atoms with Crippen LogP contribution in [0.3, 0.4) is 0 Å². The summed E-state index contributed by atoms with van der Waals surface area (Å²) in [6, 6.07) is 5.65. The highest BCUT2D eigenvalue weighted by Crippen LogP contribution is 2.23. The van der Waals surface area contributed by atoms with Crippen LogP contribution < -0.4 is 11.1 Å². The van der Waals surface area contributed by atoms with E-state index in [0.29, 0.717) is 23.2 Å². The molecule has 0 radical (unpaired) electrons. The van der Waals surface area contributed by atoms with E-state index in [1.807, 2.05) is 25.1 Å². The maximum Gasteiger partial charge on any atom is 0.238 e. The Bertz CT molecular complexity index is 494. The number of benzene rings is 1. The number of likely N-dealkylation sites (tertiary alicyclic amines) is 1. The van der Waals surface area contributed by atoms with E-state index in [1.54, 1.807) is 0 Å². The fraction of sp³-hybridized carbons (Fsp3) is 0.562. The maximum atomic E-state index is 12.1. The molecule has 1 aliphatic rings. The number of carbonyl (C=O) groups excluding carboxylic acids is 1. The van der Waals surface area contributed by atoms with E-state index in [0.717, 1.165) is 38.0 Å². The molecule has 0 saturated carbocycles. The number of carbonyl (C=O) groups is 1. The molecule has 1 aromatic rings. The number of rotatable bonds is 5. The zero-order valence-electron chi connectivity index (χ0n) is 13.0. The minimum absolute atomic E-state index is 0. The molecule has 1 aromatic carbocycles. The molecule has 1 unspecified atom stereocenters. The molecule has 1 aliphatic heterocycles. The van der Waals surface area contributed by atoms with Crippen molar-refractivity contribution >= 4 is 35.6 Å². The third kappa shape index (κ3) is 5.76. The van der Waals surface area contributed by atoms with Crippen molar-refractivity contribution in [3.63, 3.8) is 0 Å². The first-order valence-electron chi connectivity index (χ1n) is 7.57. The molecule has 1 saturated heterocycles. The number of anilines is 1. The summed E-state index contributed by atoms with van der Waals surface area (Å²) in [6.45, 7) is 5.07. The second-order valence-electron chi connectivity index (χ2n) is 5.85. The molecule has 0 aromatic heterocycles. The third-order valence-electron chi connectivity index (χ3n) is 3.94. The Kier molecular flexibility index (Phi) is 8.18. The SMILES string of the molecule is Cc1ccc(NC(=O)CN2CCCC(CCN)C2)c(Cl)c1.Cl. The first-order chi connectivity index (χ1) is 10.1. The summed E-state index contributed by atoms with van der Waals surface area (Å²) in [6.07, 6.45) is 3.41. The Morgan fingerprint density at radius 3 is 2.95 bits per heavy atom. The van der Waals surface area contributed by atoms with Gasteiger partial charge < -0.3 is 11.1 Å². The van der Waals surface area contributed by atoms with Gasteiger partial charge in [-0.2, -0.15) is 0 Å². The Hall–Kier alpha value is -0.810. The number of hydrogen-bond donors (Lipinski definition) is 2. The lowest BCUT2D eigenvalue weighted by atomic mass is 9.95. The zero-order chi connectivity index (χ0) is 15.2. The van der Waals surface area contributed by atoms with Crippen LogP contribution >= 0.6 is 24.0 Å². The maximum absolute atomic E-state index is 12.1. The molecule has 124 valence electrons. The molecule has 1 amide bonds. The summed E-state index contributed by atoms with van der Waals surface area (Å²) in [5.41, 5.74) is 7.39. The molecule has 3 N–H and O–H groups in total. The summed E-state index contributed by atoms with van der Waals surface area (Å²) in [5, 5.41) is 3.48. The van der Waals surface area contributed by atoms with Gasteiger partial charge in [0.1, 0.15) is 0 Å². The lowest BCUT2D eigenvalue weighted by Gasteiger charge is -2.32. The summed E-state index contributed by atoms with van der Waals surface area (Å²) in [4.78, 5) is 14.4. The van der Waals surface area contributed by atoms with Crippen LogP contribution in [0.2, 0.25) is 5.02 Å². The lowest BCUT2D eigenvalue weighted by molar-refractivity contribution is -0.117. The Labute approximate surface area is 143 Å². The van der Waals surface area contributed by atoms with Crippen LogP contribution in [0.25, 0.3) is 0 Å². The second-order valence-corrected chi connectivity index (χ2v) is 6.26. The van der Waals surface area contributed by atoms with Crippen molar-refractivity contribution in [2.45, 2.75) is 26.2 Å². The van der Waals surface area contributed by atoms with E-state index in [2.05, 4.69) is 10.2 Å². The second kappa shape index (κ2) is 9.36. The average Bonchev–Trinajstić information content (AvgIpc) is 2.43. The normalized spacial score (nSPS) is 18.6. The molecule has 1 atom stereocenters. The predicted molar refractivity (Wildman–Crippen MR) is 94.9 cm³/mol. The van der Waals surface area contributed by atoms with Crippen molar-refractivity contribution < 1.29 is 4.79 Å². The van der Waals surface area contributed by atoms with Crippen molar-refractivity contribution in [3.05, 3.63) is 28.8 Å². The number of halogens is 2. The van der Waals surface area contributed by atoms with E-state index >= 15 is 0 Å². The summed E-state index contributed by atoms with van der Waals surface area (Å²) >= 11 is 6.14. The summed E-state index contributed by atoms with van der Waals surface area (Å²) < 4.78 is 0. The summed E-state index contributed by atoms with van der Waals surface area (Å²) in [7, 11) is 0. The number of aryl methyl sites for hydroxylation is 1. The number of nitrogens with two attached hydrogens (primary N) is 1. The van der Waals surface area contributed by atoms with Gasteiger partial charge >= 0.3 is 0 Å². The highest BCUT2D eigenvalue weighted by molar-refractivity contribution is 6.33. The molecule has 2 rings (SSSR count). The van der Waals surface area contributed by atoms with Gasteiger partial charge in [0, 0.05) is 6.54 Å². The fourth-order valence-electron chi connectivity index (χ4n) is 2.88. The van der Waals surface area contributed by atoms with Gasteiger partial charge in [-0.15, -0.1) is 12.4 Å². The smallest absolute Gasteiger partial charge is 0.238 e. The van der Waals surface area contributed by atoms with Crippen molar-refractivity contribution in [2.24, 2.45) is 11.7 Å². The van der Waals surface area contributed by atoms with Crippen molar-refractivity contribution in [3.8, 4) is 0 Å². The van der Waals surface area contributed by atoms with E-state index in [1.165, 1.54) is 6.42 Å². The quantitative estimate of drug-likeness (QED) is 0.862. The standard InChI is InChI=1S/C16H24ClN3O.ClH/c1-12-4-5-15(14(17)9-12)19-16(21)11-20-8-2-3-13(10-20)6-7-18;/h4-5,9,13H,2-3,6-8,10-11,18H2,1H3,(H,19,21);1H. The van der Waals surface area contributed by atoms with E-state index in [4.69, 9.17) is 17.3 Å². The van der Waals surface area contributed by atoms with Gasteiger partial charge in [0.15, 0.2) is 0 Å². The molecule has 22 heavy (non-hydrogen) atoms. The Balaban J connectivity index is 0.00000242. The molecule has 1 fully saturated rings. The van der Waals surface area contributed by atoms with Gasteiger partial charge in [0.25, 0.3) is 0 Å². The Morgan fingerprint density at radius 1 is 1.50 bits per heavy atom. The van der Waals surface area contributed by atoms with Gasteiger partial charge in [-0.05, 0) is 62.9 Å². The topological polar surface area (TPSA) is 58.4 Å². The molecular formula is C16H25Cl2N3O. The predicted octanol–water partition coefficient (Wildman–Crippen LogP) is 3.07. The molecule has 0 spiro atoms. The Morgan fingerprint density at radius 2 is 2.27 bits per heavy atom. The summed E-state index contributed by atoms with van der Waals surface area (Å²) in [5.74, 6) is 0.619. The largest absolute Gasteiger partial charge is 0.330 e. The van der Waals surface area contributed by atoms with Crippen LogP contribution in [-0.4, -0.2) is 37.0 Å². The highest BCUT2D eigenvalue weighted by atomic mass is 35.5. The van der Waals surface area contributed by atoms with Crippen molar-refractivity contribution in [2.75, 3.05) is 31.5 Å². The van der Waals surface area contributed by atoms with Crippen LogP contribution in [-0.2, 0) is 4.79 Å². The number of amides is 1. The first-order valence-corrected chi connectivity index (χ1v) is 7.94. The number of piperidine rings is 1. The van der Waals surface area contributed by atoms with Gasteiger partial charge in [0.2, 0.25) is 5.91 Å². The minimum atomic E-state index is -0.00542. The molecule has 0 aliphatic carbocycles. The molecular weight excluding hydrogens is 321 g/mol. The average molecular weight is 346 g/mol. The first kappa shape index (κ1) is 19.2. The van der Waals surface area contributed by atoms with Gasteiger partial charge in [0.05, 0.1) is 17.3 Å². The number of nitrogens with one attached hydrogen (secondary N) is 1.